The minimum atomic E-state index is 0.0440. The fourth-order valence-electron chi connectivity index (χ4n) is 2.54. The number of anilines is 1. The second-order valence-corrected chi connectivity index (χ2v) is 8.57. The van der Waals surface area contributed by atoms with Gasteiger partial charge in [0.2, 0.25) is 5.91 Å². The molecule has 2 heterocycles. The number of thioether (sulfide) groups is 2. The van der Waals surface area contributed by atoms with E-state index < -0.39 is 0 Å². The van der Waals surface area contributed by atoms with Crippen molar-refractivity contribution in [3.05, 3.63) is 36.4 Å². The number of fused-ring (bicyclic) bond motifs is 3. The summed E-state index contributed by atoms with van der Waals surface area (Å²) >= 11 is 5.14. The second-order valence-electron chi connectivity index (χ2n) is 5.08. The van der Waals surface area contributed by atoms with E-state index in [1.54, 1.807) is 23.1 Å². The maximum Gasteiger partial charge on any atom is 0.240 e. The Bertz CT molecular complexity index is 840. The molecule has 3 nitrogen and oxygen atoms in total. The quantitative estimate of drug-likeness (QED) is 0.754. The van der Waals surface area contributed by atoms with Crippen LogP contribution in [0.3, 0.4) is 0 Å². The maximum atomic E-state index is 12.3. The molecule has 22 heavy (non-hydrogen) atoms. The first kappa shape index (κ1) is 14.4. The summed E-state index contributed by atoms with van der Waals surface area (Å²) in [6.07, 6.45) is 0. The van der Waals surface area contributed by atoms with E-state index in [-0.39, 0.29) is 11.2 Å². The molecule has 1 aliphatic heterocycles. The lowest BCUT2D eigenvalue weighted by molar-refractivity contribution is -0.115. The van der Waals surface area contributed by atoms with Crippen molar-refractivity contribution < 1.29 is 4.79 Å². The third kappa shape index (κ3) is 2.71. The van der Waals surface area contributed by atoms with Crippen LogP contribution in [0, 0.1) is 0 Å². The molecule has 1 atom stereocenters. The number of carbonyl (C=O) groups excluding carboxylic acids is 1. The van der Waals surface area contributed by atoms with Crippen molar-refractivity contribution in [1.82, 2.24) is 4.98 Å². The standard InChI is InChI=1S/C16H14N2OS3/c19-15(13-9-20-7-8-21-13)18-16-17-14-11-4-2-1-3-10(11)5-6-12(14)22-16/h1-6,13H,7-9H2,(H,17,18,19). The van der Waals surface area contributed by atoms with E-state index in [4.69, 9.17) is 0 Å². The van der Waals surface area contributed by atoms with E-state index >= 15 is 0 Å². The summed E-state index contributed by atoms with van der Waals surface area (Å²) in [5.74, 6) is 3.17. The van der Waals surface area contributed by atoms with Crippen molar-refractivity contribution in [3.8, 4) is 0 Å². The molecule has 1 aliphatic rings. The van der Waals surface area contributed by atoms with Gasteiger partial charge in [-0.2, -0.15) is 11.8 Å². The van der Waals surface area contributed by atoms with Gasteiger partial charge in [-0.15, -0.1) is 11.8 Å². The van der Waals surface area contributed by atoms with Crippen LogP contribution >= 0.6 is 34.9 Å². The van der Waals surface area contributed by atoms with Crippen LogP contribution in [0.2, 0.25) is 0 Å². The molecule has 3 aromatic rings. The Morgan fingerprint density at radius 3 is 2.95 bits per heavy atom. The molecular formula is C16H14N2OS3. The number of hydrogen-bond donors (Lipinski definition) is 1. The van der Waals surface area contributed by atoms with Crippen LogP contribution in [0.5, 0.6) is 0 Å². The molecule has 0 saturated carbocycles. The van der Waals surface area contributed by atoms with Crippen LogP contribution in [0.4, 0.5) is 5.13 Å². The van der Waals surface area contributed by atoms with Crippen LogP contribution in [0.15, 0.2) is 36.4 Å². The molecule has 1 N–H and O–H groups in total. The molecule has 1 aromatic heterocycles. The Balaban J connectivity index is 1.65. The number of aromatic nitrogens is 1. The van der Waals surface area contributed by atoms with Crippen molar-refractivity contribution in [2.75, 3.05) is 22.6 Å². The Morgan fingerprint density at radius 2 is 2.09 bits per heavy atom. The van der Waals surface area contributed by atoms with Crippen molar-refractivity contribution in [2.24, 2.45) is 0 Å². The molecule has 6 heteroatoms. The van der Waals surface area contributed by atoms with Gasteiger partial charge in [-0.25, -0.2) is 4.98 Å². The Labute approximate surface area is 140 Å². The lowest BCUT2D eigenvalue weighted by atomic mass is 10.1. The second kappa shape index (κ2) is 6.10. The zero-order valence-corrected chi connectivity index (χ0v) is 14.2. The number of amides is 1. The minimum Gasteiger partial charge on any atom is -0.301 e. The van der Waals surface area contributed by atoms with E-state index in [0.29, 0.717) is 5.13 Å². The molecule has 2 aromatic carbocycles. The highest BCUT2D eigenvalue weighted by Gasteiger charge is 2.23. The first-order valence-electron chi connectivity index (χ1n) is 7.10. The highest BCUT2D eigenvalue weighted by atomic mass is 32.2. The normalized spacial score (nSPS) is 18.6. The van der Waals surface area contributed by atoms with Gasteiger partial charge in [-0.05, 0) is 11.5 Å². The van der Waals surface area contributed by atoms with Gasteiger partial charge in [0, 0.05) is 22.6 Å². The van der Waals surface area contributed by atoms with Crippen LogP contribution in [0.1, 0.15) is 0 Å². The smallest absolute Gasteiger partial charge is 0.240 e. The predicted molar refractivity (Wildman–Crippen MR) is 99.3 cm³/mol. The number of rotatable bonds is 2. The van der Waals surface area contributed by atoms with Crippen LogP contribution in [0.25, 0.3) is 21.0 Å². The molecule has 112 valence electrons. The van der Waals surface area contributed by atoms with E-state index in [9.17, 15) is 4.79 Å². The van der Waals surface area contributed by atoms with E-state index in [1.165, 1.54) is 5.39 Å². The maximum absolute atomic E-state index is 12.3. The fourth-order valence-corrected chi connectivity index (χ4v) is 5.98. The molecule has 1 unspecified atom stereocenters. The molecule has 0 spiro atoms. The number of thiazole rings is 1. The van der Waals surface area contributed by atoms with E-state index in [1.807, 2.05) is 23.9 Å². The van der Waals surface area contributed by atoms with Gasteiger partial charge in [-0.1, -0.05) is 41.7 Å². The summed E-state index contributed by atoms with van der Waals surface area (Å²) in [5, 5.41) is 6.06. The molecule has 0 bridgehead atoms. The summed E-state index contributed by atoms with van der Waals surface area (Å²) in [4.78, 5) is 17.0. The van der Waals surface area contributed by atoms with E-state index in [0.717, 1.165) is 32.9 Å². The Morgan fingerprint density at radius 1 is 1.18 bits per heavy atom. The molecule has 1 amide bonds. The highest BCUT2D eigenvalue weighted by Crippen LogP contribution is 2.32. The molecule has 1 saturated heterocycles. The van der Waals surface area contributed by atoms with Gasteiger partial charge in [0.15, 0.2) is 5.13 Å². The number of hydrogen-bond acceptors (Lipinski definition) is 5. The zero-order valence-electron chi connectivity index (χ0n) is 11.7. The third-order valence-electron chi connectivity index (χ3n) is 3.62. The minimum absolute atomic E-state index is 0.0440. The van der Waals surface area contributed by atoms with Gasteiger partial charge in [0.25, 0.3) is 0 Å². The summed E-state index contributed by atoms with van der Waals surface area (Å²) in [6, 6.07) is 12.4. The van der Waals surface area contributed by atoms with Crippen molar-refractivity contribution >= 4 is 66.9 Å². The number of nitrogens with zero attached hydrogens (tertiary/aromatic N) is 1. The Kier molecular flexibility index (Phi) is 3.98. The lowest BCUT2D eigenvalue weighted by Crippen LogP contribution is -2.29. The van der Waals surface area contributed by atoms with Crippen molar-refractivity contribution in [2.45, 2.75) is 5.25 Å². The largest absolute Gasteiger partial charge is 0.301 e. The van der Waals surface area contributed by atoms with Crippen LogP contribution in [-0.4, -0.2) is 33.4 Å². The molecule has 0 radical (unpaired) electrons. The number of carbonyl (C=O) groups is 1. The average molecular weight is 347 g/mol. The van der Waals surface area contributed by atoms with Gasteiger partial charge >= 0.3 is 0 Å². The monoisotopic (exact) mass is 346 g/mol. The number of nitrogens with one attached hydrogen (secondary N) is 1. The van der Waals surface area contributed by atoms with Crippen LogP contribution < -0.4 is 5.32 Å². The third-order valence-corrected chi connectivity index (χ3v) is 7.31. The van der Waals surface area contributed by atoms with Crippen molar-refractivity contribution in [3.63, 3.8) is 0 Å². The molecule has 4 rings (SSSR count). The summed E-state index contributed by atoms with van der Waals surface area (Å²) in [6.45, 7) is 0. The molecule has 0 aliphatic carbocycles. The summed E-state index contributed by atoms with van der Waals surface area (Å²) < 4.78 is 1.11. The van der Waals surface area contributed by atoms with E-state index in [2.05, 4.69) is 34.6 Å². The summed E-state index contributed by atoms with van der Waals surface area (Å²) in [7, 11) is 0. The highest BCUT2D eigenvalue weighted by molar-refractivity contribution is 8.07. The first-order valence-corrected chi connectivity index (χ1v) is 10.1. The van der Waals surface area contributed by atoms with Crippen LogP contribution in [-0.2, 0) is 4.79 Å². The fraction of sp³-hybridized carbons (Fsp3) is 0.250. The molecule has 1 fully saturated rings. The average Bonchev–Trinajstić information content (AvgIpc) is 2.98. The van der Waals surface area contributed by atoms with Gasteiger partial charge in [0.05, 0.1) is 15.5 Å². The first-order chi connectivity index (χ1) is 10.8. The SMILES string of the molecule is O=C(Nc1nc2c(ccc3ccccc32)s1)C1CSCCS1. The zero-order chi connectivity index (χ0) is 14.9. The van der Waals surface area contributed by atoms with Gasteiger partial charge in [-0.3, -0.25) is 4.79 Å². The summed E-state index contributed by atoms with van der Waals surface area (Å²) in [5.41, 5.74) is 0.976. The Hall–Kier alpha value is -1.24. The predicted octanol–water partition coefficient (Wildman–Crippen LogP) is 4.24. The van der Waals surface area contributed by atoms with Gasteiger partial charge < -0.3 is 5.32 Å². The van der Waals surface area contributed by atoms with Crippen molar-refractivity contribution in [1.29, 1.82) is 0 Å². The molecular weight excluding hydrogens is 332 g/mol. The lowest BCUT2D eigenvalue weighted by Gasteiger charge is -2.19. The topological polar surface area (TPSA) is 42.0 Å². The van der Waals surface area contributed by atoms with Gasteiger partial charge in [0.1, 0.15) is 0 Å². The number of benzene rings is 2.